The van der Waals surface area contributed by atoms with Gasteiger partial charge in [0.2, 0.25) is 0 Å². The Morgan fingerprint density at radius 2 is 2.18 bits per heavy atom. The Morgan fingerprint density at radius 3 is 2.64 bits per heavy atom. The van der Waals surface area contributed by atoms with Gasteiger partial charge in [0.15, 0.2) is 0 Å². The van der Waals surface area contributed by atoms with Crippen molar-refractivity contribution in [3.8, 4) is 0 Å². The lowest BCUT2D eigenvalue weighted by Crippen LogP contribution is -1.92. The van der Waals surface area contributed by atoms with Crippen LogP contribution in [0, 0.1) is 5.82 Å². The highest BCUT2D eigenvalue weighted by molar-refractivity contribution is 9.10. The fourth-order valence-corrected chi connectivity index (χ4v) is 1.52. The molecule has 0 aliphatic carbocycles. The highest BCUT2D eigenvalue weighted by Crippen LogP contribution is 2.23. The predicted molar refractivity (Wildman–Crippen MR) is 44.7 cm³/mol. The average molecular weight is 219 g/mol. The topological polar surface area (TPSA) is 20.2 Å². The van der Waals surface area contributed by atoms with E-state index in [-0.39, 0.29) is 5.82 Å². The van der Waals surface area contributed by atoms with Gasteiger partial charge in [0.1, 0.15) is 5.82 Å². The summed E-state index contributed by atoms with van der Waals surface area (Å²) in [5.74, 6) is -0.304. The van der Waals surface area contributed by atoms with Gasteiger partial charge < -0.3 is 5.11 Å². The highest BCUT2D eigenvalue weighted by Gasteiger charge is 2.05. The first-order chi connectivity index (χ1) is 5.11. The second-order valence-corrected chi connectivity index (χ2v) is 3.20. The van der Waals surface area contributed by atoms with E-state index in [1.54, 1.807) is 13.0 Å². The number of halogens is 2. The first-order valence-corrected chi connectivity index (χ1v) is 4.03. The normalized spacial score (nSPS) is 13.1. The van der Waals surface area contributed by atoms with Gasteiger partial charge in [-0.2, -0.15) is 0 Å². The van der Waals surface area contributed by atoms with Crippen LogP contribution in [0.3, 0.4) is 0 Å². The molecular formula is C8H8BrFO. The van der Waals surface area contributed by atoms with Crippen molar-refractivity contribution in [3.05, 3.63) is 34.1 Å². The number of aliphatic hydroxyl groups is 1. The van der Waals surface area contributed by atoms with E-state index >= 15 is 0 Å². The first kappa shape index (κ1) is 8.68. The van der Waals surface area contributed by atoms with Gasteiger partial charge in [-0.25, -0.2) is 4.39 Å². The van der Waals surface area contributed by atoms with Crippen LogP contribution >= 0.6 is 15.9 Å². The molecule has 11 heavy (non-hydrogen) atoms. The molecule has 1 aromatic carbocycles. The molecule has 1 nitrogen and oxygen atoms in total. The minimum atomic E-state index is -0.565. The molecule has 0 fully saturated rings. The van der Waals surface area contributed by atoms with Crippen molar-refractivity contribution in [2.45, 2.75) is 13.0 Å². The van der Waals surface area contributed by atoms with E-state index in [1.807, 2.05) is 0 Å². The summed E-state index contributed by atoms with van der Waals surface area (Å²) < 4.78 is 13.1. The van der Waals surface area contributed by atoms with Gasteiger partial charge in [-0.05, 0) is 24.6 Å². The first-order valence-electron chi connectivity index (χ1n) is 3.24. The molecule has 0 aliphatic rings. The van der Waals surface area contributed by atoms with Crippen LogP contribution in [0.1, 0.15) is 18.6 Å². The van der Waals surface area contributed by atoms with Crippen molar-refractivity contribution in [2.24, 2.45) is 0 Å². The molecule has 3 heteroatoms. The third-order valence-corrected chi connectivity index (χ3v) is 2.10. The molecule has 0 aliphatic heterocycles. The summed E-state index contributed by atoms with van der Waals surface area (Å²) in [5.41, 5.74) is 0.700. The molecule has 60 valence electrons. The Bertz CT molecular complexity index is 260. The van der Waals surface area contributed by atoms with Crippen molar-refractivity contribution < 1.29 is 9.50 Å². The molecule has 1 aromatic rings. The summed E-state index contributed by atoms with van der Waals surface area (Å²) >= 11 is 3.15. The molecule has 0 saturated carbocycles. The zero-order chi connectivity index (χ0) is 8.43. The SMILES string of the molecule is CC(O)c1ccc(F)cc1Br. The van der Waals surface area contributed by atoms with Crippen LogP contribution in [0.4, 0.5) is 4.39 Å². The van der Waals surface area contributed by atoms with E-state index in [0.29, 0.717) is 10.0 Å². The van der Waals surface area contributed by atoms with E-state index < -0.39 is 6.10 Å². The predicted octanol–water partition coefficient (Wildman–Crippen LogP) is 2.64. The van der Waals surface area contributed by atoms with Crippen LogP contribution in [-0.2, 0) is 0 Å². The van der Waals surface area contributed by atoms with Gasteiger partial charge in [-0.3, -0.25) is 0 Å². The molecule has 0 radical (unpaired) electrons. The van der Waals surface area contributed by atoms with E-state index in [0.717, 1.165) is 0 Å². The number of hydrogen-bond acceptors (Lipinski definition) is 1. The molecule has 1 unspecified atom stereocenters. The Balaban J connectivity index is 3.09. The molecule has 0 saturated heterocycles. The summed E-state index contributed by atoms with van der Waals surface area (Å²) in [7, 11) is 0. The highest BCUT2D eigenvalue weighted by atomic mass is 79.9. The van der Waals surface area contributed by atoms with Crippen LogP contribution in [0.15, 0.2) is 22.7 Å². The largest absolute Gasteiger partial charge is 0.389 e. The summed E-state index contributed by atoms with van der Waals surface area (Å²) in [6.45, 7) is 1.64. The summed E-state index contributed by atoms with van der Waals surface area (Å²) in [6, 6.07) is 4.22. The second-order valence-electron chi connectivity index (χ2n) is 2.34. The fourth-order valence-electron chi connectivity index (χ4n) is 0.840. The molecule has 0 heterocycles. The van der Waals surface area contributed by atoms with E-state index in [9.17, 15) is 4.39 Å². The fraction of sp³-hybridized carbons (Fsp3) is 0.250. The van der Waals surface area contributed by atoms with Crippen molar-refractivity contribution >= 4 is 15.9 Å². The lowest BCUT2D eigenvalue weighted by Gasteiger charge is -2.06. The number of hydrogen-bond donors (Lipinski definition) is 1. The van der Waals surface area contributed by atoms with Crippen molar-refractivity contribution in [1.29, 1.82) is 0 Å². The quantitative estimate of drug-likeness (QED) is 0.769. The average Bonchev–Trinajstić information content (AvgIpc) is 1.85. The smallest absolute Gasteiger partial charge is 0.124 e. The summed E-state index contributed by atoms with van der Waals surface area (Å²) in [4.78, 5) is 0. The van der Waals surface area contributed by atoms with Gasteiger partial charge in [-0.15, -0.1) is 0 Å². The molecule has 1 atom stereocenters. The summed E-state index contributed by atoms with van der Waals surface area (Å²) in [6.07, 6.45) is -0.565. The second kappa shape index (κ2) is 3.32. The van der Waals surface area contributed by atoms with Crippen molar-refractivity contribution in [3.63, 3.8) is 0 Å². The Kier molecular flexibility index (Phi) is 2.62. The van der Waals surface area contributed by atoms with Gasteiger partial charge in [-0.1, -0.05) is 22.0 Å². The zero-order valence-electron chi connectivity index (χ0n) is 6.01. The Labute approximate surface area is 73.0 Å². The van der Waals surface area contributed by atoms with Crippen LogP contribution in [0.25, 0.3) is 0 Å². The third kappa shape index (κ3) is 2.01. The lowest BCUT2D eigenvalue weighted by molar-refractivity contribution is 0.198. The maximum Gasteiger partial charge on any atom is 0.124 e. The Morgan fingerprint density at radius 1 is 1.55 bits per heavy atom. The minimum absolute atomic E-state index is 0.304. The molecule has 0 amide bonds. The van der Waals surface area contributed by atoms with E-state index in [4.69, 9.17) is 5.11 Å². The van der Waals surface area contributed by atoms with Crippen molar-refractivity contribution in [1.82, 2.24) is 0 Å². The summed E-state index contributed by atoms with van der Waals surface area (Å²) in [5, 5.41) is 9.14. The Hall–Kier alpha value is -0.410. The molecule has 0 bridgehead atoms. The monoisotopic (exact) mass is 218 g/mol. The van der Waals surface area contributed by atoms with E-state index in [1.165, 1.54) is 12.1 Å². The minimum Gasteiger partial charge on any atom is -0.389 e. The van der Waals surface area contributed by atoms with E-state index in [2.05, 4.69) is 15.9 Å². The van der Waals surface area contributed by atoms with Crippen molar-refractivity contribution in [2.75, 3.05) is 0 Å². The van der Waals surface area contributed by atoms with Crippen LogP contribution < -0.4 is 0 Å². The lowest BCUT2D eigenvalue weighted by atomic mass is 10.1. The maximum absolute atomic E-state index is 12.5. The molecule has 0 aromatic heterocycles. The molecule has 1 N–H and O–H groups in total. The standard InChI is InChI=1S/C8H8BrFO/c1-5(11)7-3-2-6(10)4-8(7)9/h2-5,11H,1H3. The molecular weight excluding hydrogens is 211 g/mol. The number of aliphatic hydroxyl groups excluding tert-OH is 1. The number of rotatable bonds is 1. The van der Waals surface area contributed by atoms with Crippen LogP contribution in [0.5, 0.6) is 0 Å². The zero-order valence-corrected chi connectivity index (χ0v) is 7.60. The van der Waals surface area contributed by atoms with Gasteiger partial charge in [0.25, 0.3) is 0 Å². The molecule has 1 rings (SSSR count). The van der Waals surface area contributed by atoms with Crippen LogP contribution in [-0.4, -0.2) is 5.11 Å². The van der Waals surface area contributed by atoms with Gasteiger partial charge >= 0.3 is 0 Å². The maximum atomic E-state index is 12.5. The number of benzene rings is 1. The van der Waals surface area contributed by atoms with Gasteiger partial charge in [0.05, 0.1) is 6.10 Å². The van der Waals surface area contributed by atoms with Gasteiger partial charge in [0, 0.05) is 4.47 Å². The molecule has 0 spiro atoms. The van der Waals surface area contributed by atoms with Crippen LogP contribution in [0.2, 0.25) is 0 Å². The third-order valence-electron chi connectivity index (χ3n) is 1.41.